The maximum Gasteiger partial charge on any atom is 0.414 e. The number of esters is 1. The summed E-state index contributed by atoms with van der Waals surface area (Å²) in [4.78, 5) is 41.1. The van der Waals surface area contributed by atoms with E-state index in [0.717, 1.165) is 7.11 Å². The molecule has 0 aromatic heterocycles. The summed E-state index contributed by atoms with van der Waals surface area (Å²) in [7, 11) is -1.32. The molecule has 0 saturated heterocycles. The molecule has 1 fully saturated rings. The van der Waals surface area contributed by atoms with Gasteiger partial charge in [0.1, 0.15) is 11.2 Å². The number of guanidine groups is 1. The molecule has 1 rings (SSSR count). The highest BCUT2D eigenvalue weighted by atomic mass is 32.2. The molecule has 43 heavy (non-hydrogen) atoms. The van der Waals surface area contributed by atoms with Crippen molar-refractivity contribution in [3.8, 4) is 0 Å². The van der Waals surface area contributed by atoms with E-state index in [-0.39, 0.29) is 49.2 Å². The van der Waals surface area contributed by atoms with Crippen molar-refractivity contribution in [2.75, 3.05) is 20.8 Å². The predicted octanol–water partition coefficient (Wildman–Crippen LogP) is 2.69. The summed E-state index contributed by atoms with van der Waals surface area (Å²) in [5.74, 6) is -1.81. The number of alkyl carbamates (subject to hydrolysis) is 2. The van der Waals surface area contributed by atoms with Crippen LogP contribution in [0.4, 0.5) is 9.59 Å². The Bertz CT molecular complexity index is 1080. The lowest BCUT2D eigenvalue weighted by Crippen LogP contribution is -2.54. The molecule has 0 aromatic carbocycles. The van der Waals surface area contributed by atoms with Crippen LogP contribution in [-0.4, -0.2) is 93.1 Å². The minimum Gasteiger partial charge on any atom is -0.467 e. The molecule has 0 radical (unpaired) electrons. The summed E-state index contributed by atoms with van der Waals surface area (Å²) in [5.41, 5.74) is -1.67. The Labute approximate surface area is 256 Å². The lowest BCUT2D eigenvalue weighted by Gasteiger charge is -2.42. The minimum absolute atomic E-state index is 0.0300. The SMILES string of the molecule is COC(=O)C(O)C(CCCN=C(NC(=O)OC(C)(C)C)NS(=O)(=O)C1C(C)CC(OC)C(C)C1C)NC(=O)OC(C)(C)C. The quantitative estimate of drug-likeness (QED) is 0.0912. The number of hydrogen-bond donors (Lipinski definition) is 4. The molecule has 0 spiro atoms. The van der Waals surface area contributed by atoms with Crippen molar-refractivity contribution >= 4 is 34.1 Å². The first-order chi connectivity index (χ1) is 19.6. The van der Waals surface area contributed by atoms with Gasteiger partial charge in [0.05, 0.1) is 24.5 Å². The Hall–Kier alpha value is -2.65. The molecule has 0 aromatic rings. The third-order valence-electron chi connectivity index (χ3n) is 7.09. The van der Waals surface area contributed by atoms with Crippen molar-refractivity contribution in [1.82, 2.24) is 15.4 Å². The Morgan fingerprint density at radius 2 is 1.51 bits per heavy atom. The topological polar surface area (TPSA) is 191 Å². The van der Waals surface area contributed by atoms with Crippen LogP contribution in [-0.2, 0) is 33.8 Å². The van der Waals surface area contributed by atoms with E-state index in [2.05, 4.69) is 25.1 Å². The van der Waals surface area contributed by atoms with E-state index in [1.807, 2.05) is 20.8 Å². The van der Waals surface area contributed by atoms with Gasteiger partial charge in [-0.05, 0) is 78.6 Å². The Morgan fingerprint density at radius 1 is 0.953 bits per heavy atom. The highest BCUT2D eigenvalue weighted by molar-refractivity contribution is 7.90. The van der Waals surface area contributed by atoms with Crippen molar-refractivity contribution < 1.29 is 46.9 Å². The van der Waals surface area contributed by atoms with Crippen molar-refractivity contribution in [1.29, 1.82) is 0 Å². The lowest BCUT2D eigenvalue weighted by atomic mass is 9.74. The summed E-state index contributed by atoms with van der Waals surface area (Å²) < 4.78 is 50.4. The van der Waals surface area contributed by atoms with E-state index < -0.39 is 56.8 Å². The predicted molar refractivity (Wildman–Crippen MR) is 161 cm³/mol. The molecule has 4 N–H and O–H groups in total. The summed E-state index contributed by atoms with van der Waals surface area (Å²) in [6.07, 6.45) is -2.76. The first kappa shape index (κ1) is 38.4. The lowest BCUT2D eigenvalue weighted by molar-refractivity contribution is -0.152. The maximum atomic E-state index is 13.6. The summed E-state index contributed by atoms with van der Waals surface area (Å²) >= 11 is 0. The molecule has 0 heterocycles. The van der Waals surface area contributed by atoms with Gasteiger partial charge in [-0.1, -0.05) is 20.8 Å². The fraction of sp³-hybridized carbons (Fsp3) is 0.857. The number of aliphatic hydroxyl groups excluding tert-OH is 1. The highest BCUT2D eigenvalue weighted by Crippen LogP contribution is 2.38. The smallest absolute Gasteiger partial charge is 0.414 e. The van der Waals surface area contributed by atoms with E-state index in [9.17, 15) is 27.9 Å². The number of nitrogens with one attached hydrogen (secondary N) is 3. The van der Waals surface area contributed by atoms with Gasteiger partial charge in [-0.3, -0.25) is 15.0 Å². The van der Waals surface area contributed by atoms with Crippen LogP contribution in [0, 0.1) is 17.8 Å². The van der Waals surface area contributed by atoms with Crippen LogP contribution in [0.25, 0.3) is 0 Å². The number of aliphatic hydroxyl groups is 1. The van der Waals surface area contributed by atoms with Crippen LogP contribution in [0.5, 0.6) is 0 Å². The van der Waals surface area contributed by atoms with Gasteiger partial charge in [-0.15, -0.1) is 0 Å². The Morgan fingerprint density at radius 3 is 2.02 bits per heavy atom. The highest BCUT2D eigenvalue weighted by Gasteiger charge is 2.45. The second kappa shape index (κ2) is 15.9. The van der Waals surface area contributed by atoms with Crippen LogP contribution in [0.2, 0.25) is 0 Å². The second-order valence-corrected chi connectivity index (χ2v) is 14.9. The molecular weight excluding hydrogens is 584 g/mol. The molecule has 15 heteroatoms. The number of ether oxygens (including phenoxy) is 4. The zero-order chi connectivity index (χ0) is 33.3. The van der Waals surface area contributed by atoms with E-state index in [4.69, 9.17) is 14.2 Å². The van der Waals surface area contributed by atoms with Gasteiger partial charge < -0.3 is 29.4 Å². The van der Waals surface area contributed by atoms with Crippen LogP contribution in [0.15, 0.2) is 4.99 Å². The van der Waals surface area contributed by atoms with E-state index in [0.29, 0.717) is 6.42 Å². The third-order valence-corrected chi connectivity index (χ3v) is 9.18. The minimum atomic E-state index is -4.03. The number of carbonyl (C=O) groups is 3. The van der Waals surface area contributed by atoms with E-state index >= 15 is 0 Å². The van der Waals surface area contributed by atoms with Gasteiger partial charge in [0.2, 0.25) is 16.0 Å². The molecule has 1 saturated carbocycles. The van der Waals surface area contributed by atoms with Crippen molar-refractivity contribution in [3.63, 3.8) is 0 Å². The number of aliphatic imine (C=N–C) groups is 1. The molecule has 1 aliphatic rings. The number of nitrogens with zero attached hydrogens (tertiary/aromatic N) is 1. The average Bonchev–Trinajstić information content (AvgIpc) is 2.84. The standard InChI is InChI=1S/C28H52N4O10S/c1-16-15-20(39-10)17(2)18(3)22(16)43(37,38)32-24(31-26(36)42-28(7,8)9)29-14-12-13-19(21(33)23(34)40-11)30-25(35)41-27(4,5)6/h16-22,33H,12-15H2,1-11H3,(H,30,35)(H2,29,31,32,36). The fourth-order valence-electron chi connectivity index (χ4n) is 5.03. The van der Waals surface area contributed by atoms with Crippen LogP contribution in [0.1, 0.15) is 81.6 Å². The number of sulfonamides is 1. The van der Waals surface area contributed by atoms with Crippen LogP contribution in [0.3, 0.4) is 0 Å². The van der Waals surface area contributed by atoms with Crippen LogP contribution < -0.4 is 15.4 Å². The van der Waals surface area contributed by atoms with Crippen molar-refractivity contribution in [2.24, 2.45) is 22.7 Å². The number of rotatable bonds is 10. The summed E-state index contributed by atoms with van der Waals surface area (Å²) in [5, 5.41) is 14.5. The van der Waals surface area contributed by atoms with Crippen molar-refractivity contribution in [2.45, 2.75) is 116 Å². The number of carbonyl (C=O) groups excluding carboxylic acids is 3. The molecule has 7 unspecified atom stereocenters. The first-order valence-corrected chi connectivity index (χ1v) is 16.0. The van der Waals surface area contributed by atoms with Crippen molar-refractivity contribution in [3.05, 3.63) is 0 Å². The zero-order valence-corrected chi connectivity index (χ0v) is 28.2. The summed E-state index contributed by atoms with van der Waals surface area (Å²) in [6, 6.07) is -1.09. The largest absolute Gasteiger partial charge is 0.467 e. The number of hydrogen-bond acceptors (Lipinski definition) is 11. The molecule has 2 amide bonds. The monoisotopic (exact) mass is 636 g/mol. The van der Waals surface area contributed by atoms with Gasteiger partial charge in [0.15, 0.2) is 6.10 Å². The van der Waals surface area contributed by atoms with E-state index in [1.165, 1.54) is 0 Å². The Kier molecular flexibility index (Phi) is 14.2. The number of methoxy groups -OCH3 is 2. The average molecular weight is 637 g/mol. The third kappa shape index (κ3) is 12.9. The van der Waals surface area contributed by atoms with Gasteiger partial charge in [0, 0.05) is 13.7 Å². The molecular formula is C28H52N4O10S. The summed E-state index contributed by atoms with van der Waals surface area (Å²) in [6.45, 7) is 15.6. The second-order valence-electron chi connectivity index (χ2n) is 13.0. The molecule has 7 atom stereocenters. The normalized spacial score (nSPS) is 24.7. The molecule has 14 nitrogen and oxygen atoms in total. The van der Waals surface area contributed by atoms with Crippen LogP contribution >= 0.6 is 0 Å². The first-order valence-electron chi connectivity index (χ1n) is 14.5. The molecule has 1 aliphatic carbocycles. The zero-order valence-electron chi connectivity index (χ0n) is 27.3. The van der Waals surface area contributed by atoms with Gasteiger partial charge in [-0.25, -0.2) is 22.8 Å². The number of amides is 2. The van der Waals surface area contributed by atoms with Gasteiger partial charge in [0.25, 0.3) is 0 Å². The fourth-order valence-corrected chi connectivity index (χ4v) is 7.08. The van der Waals surface area contributed by atoms with E-state index in [1.54, 1.807) is 48.7 Å². The Balaban J connectivity index is 3.16. The molecule has 0 bridgehead atoms. The van der Waals surface area contributed by atoms with Gasteiger partial charge >= 0.3 is 18.2 Å². The maximum absolute atomic E-state index is 13.6. The molecule has 0 aliphatic heterocycles. The van der Waals surface area contributed by atoms with Gasteiger partial charge in [-0.2, -0.15) is 0 Å². The molecule has 250 valence electrons.